The maximum atomic E-state index is 11.4. The minimum absolute atomic E-state index is 0. The number of hydrogen-bond donors (Lipinski definition) is 2. The zero-order valence-electron chi connectivity index (χ0n) is 15.9. The first kappa shape index (κ1) is 23.6. The Labute approximate surface area is 178 Å². The van der Waals surface area contributed by atoms with Gasteiger partial charge in [-0.3, -0.25) is 9.89 Å². The molecule has 0 bridgehead atoms. The first-order valence-electron chi connectivity index (χ1n) is 8.38. The largest absolute Gasteiger partial charge is 0.354 e. The number of piperazine rings is 1. The molecule has 0 radical (unpaired) electrons. The minimum atomic E-state index is -3.24. The Morgan fingerprint density at radius 2 is 1.96 bits per heavy atom. The lowest BCUT2D eigenvalue weighted by Crippen LogP contribution is -2.56. The summed E-state index contributed by atoms with van der Waals surface area (Å²) in [6.07, 6.45) is 1.18. The molecule has 1 aromatic rings. The van der Waals surface area contributed by atoms with E-state index in [1.807, 2.05) is 13.8 Å². The van der Waals surface area contributed by atoms with Crippen LogP contribution in [0.1, 0.15) is 18.7 Å². The van der Waals surface area contributed by atoms with E-state index in [1.54, 1.807) is 18.4 Å². The standard InChI is InChI=1S/C16H29N5O2S2.HI/c1-16(2,19-25(4,22)23)13-18-15(17-3)21-9-7-20(8-10-21)12-14-6-5-11-24-14;/h5-6,11,19H,7-10,12-13H2,1-4H3,(H,17,18);1H. The molecule has 2 heterocycles. The molecule has 0 aromatic carbocycles. The molecule has 150 valence electrons. The van der Waals surface area contributed by atoms with Crippen LogP contribution in [0.3, 0.4) is 0 Å². The summed E-state index contributed by atoms with van der Waals surface area (Å²) in [4.78, 5) is 10.4. The molecule has 2 rings (SSSR count). The van der Waals surface area contributed by atoms with Crippen LogP contribution in [-0.4, -0.2) is 75.7 Å². The van der Waals surface area contributed by atoms with E-state index in [0.29, 0.717) is 6.54 Å². The normalized spacial score (nSPS) is 17.1. The summed E-state index contributed by atoms with van der Waals surface area (Å²) in [7, 11) is -1.48. The molecular weight excluding hydrogens is 485 g/mol. The molecule has 1 aromatic heterocycles. The molecule has 0 unspecified atom stereocenters. The quantitative estimate of drug-likeness (QED) is 0.340. The maximum Gasteiger partial charge on any atom is 0.209 e. The van der Waals surface area contributed by atoms with Crippen molar-refractivity contribution in [2.24, 2.45) is 4.99 Å². The van der Waals surface area contributed by atoms with Gasteiger partial charge in [0.25, 0.3) is 0 Å². The predicted octanol–water partition coefficient (Wildman–Crippen LogP) is 1.39. The van der Waals surface area contributed by atoms with Crippen LogP contribution in [0.2, 0.25) is 0 Å². The van der Waals surface area contributed by atoms with Gasteiger partial charge in [0.2, 0.25) is 10.0 Å². The average Bonchev–Trinajstić information content (AvgIpc) is 3.00. The van der Waals surface area contributed by atoms with E-state index >= 15 is 0 Å². The van der Waals surface area contributed by atoms with Gasteiger partial charge in [0.15, 0.2) is 5.96 Å². The number of nitrogens with one attached hydrogen (secondary N) is 2. The Kier molecular flexibility index (Phi) is 9.27. The number of guanidine groups is 1. The third kappa shape index (κ3) is 8.07. The monoisotopic (exact) mass is 515 g/mol. The molecule has 7 nitrogen and oxygen atoms in total. The second-order valence-corrected chi connectivity index (χ2v) is 9.78. The molecule has 1 aliphatic rings. The zero-order chi connectivity index (χ0) is 18.5. The van der Waals surface area contributed by atoms with Gasteiger partial charge in [-0.2, -0.15) is 0 Å². The highest BCUT2D eigenvalue weighted by Gasteiger charge is 2.25. The fraction of sp³-hybridized carbons (Fsp3) is 0.688. The van der Waals surface area contributed by atoms with E-state index in [9.17, 15) is 8.42 Å². The molecule has 1 fully saturated rings. The maximum absolute atomic E-state index is 11.4. The van der Waals surface area contributed by atoms with Gasteiger partial charge in [-0.1, -0.05) is 6.07 Å². The fourth-order valence-corrected chi connectivity index (χ4v) is 4.73. The van der Waals surface area contributed by atoms with Gasteiger partial charge >= 0.3 is 0 Å². The van der Waals surface area contributed by atoms with Crippen LogP contribution in [0.15, 0.2) is 22.5 Å². The molecule has 1 saturated heterocycles. The molecule has 0 saturated carbocycles. The van der Waals surface area contributed by atoms with Crippen LogP contribution < -0.4 is 10.0 Å². The van der Waals surface area contributed by atoms with E-state index in [4.69, 9.17) is 0 Å². The van der Waals surface area contributed by atoms with Crippen LogP contribution in [0.5, 0.6) is 0 Å². The Hall–Kier alpha value is -0.430. The summed E-state index contributed by atoms with van der Waals surface area (Å²) in [6.45, 7) is 8.98. The van der Waals surface area contributed by atoms with Crippen molar-refractivity contribution >= 4 is 51.3 Å². The van der Waals surface area contributed by atoms with Gasteiger partial charge in [-0.15, -0.1) is 35.3 Å². The van der Waals surface area contributed by atoms with Crippen molar-refractivity contribution in [3.05, 3.63) is 22.4 Å². The van der Waals surface area contributed by atoms with Gasteiger partial charge in [0.1, 0.15) is 0 Å². The predicted molar refractivity (Wildman–Crippen MR) is 120 cm³/mol. The Balaban J connectivity index is 0.00000338. The van der Waals surface area contributed by atoms with Crippen molar-refractivity contribution in [2.75, 3.05) is 46.0 Å². The summed E-state index contributed by atoms with van der Waals surface area (Å²) < 4.78 is 25.5. The second-order valence-electron chi connectivity index (χ2n) is 7.00. The number of aliphatic imine (C=N–C) groups is 1. The summed E-state index contributed by atoms with van der Waals surface area (Å²) in [5, 5.41) is 5.41. The molecule has 0 aliphatic carbocycles. The number of thiophene rings is 1. The molecule has 1 aliphatic heterocycles. The highest BCUT2D eigenvalue weighted by atomic mass is 127. The summed E-state index contributed by atoms with van der Waals surface area (Å²) >= 11 is 1.80. The third-order valence-corrected chi connectivity index (χ3v) is 5.78. The summed E-state index contributed by atoms with van der Waals surface area (Å²) in [5.74, 6) is 0.819. The number of hydrogen-bond acceptors (Lipinski definition) is 5. The van der Waals surface area contributed by atoms with Gasteiger partial charge in [0.05, 0.1) is 6.26 Å². The lowest BCUT2D eigenvalue weighted by Gasteiger charge is -2.37. The van der Waals surface area contributed by atoms with Gasteiger partial charge in [-0.25, -0.2) is 13.1 Å². The Morgan fingerprint density at radius 1 is 1.31 bits per heavy atom. The minimum Gasteiger partial charge on any atom is -0.354 e. The van der Waals surface area contributed by atoms with E-state index in [0.717, 1.165) is 38.7 Å². The molecular formula is C16H30IN5O2S2. The highest BCUT2D eigenvalue weighted by molar-refractivity contribution is 14.0. The smallest absolute Gasteiger partial charge is 0.209 e. The number of nitrogens with zero attached hydrogens (tertiary/aromatic N) is 3. The molecule has 0 atom stereocenters. The highest BCUT2D eigenvalue weighted by Crippen LogP contribution is 2.13. The molecule has 0 amide bonds. The topological polar surface area (TPSA) is 77.0 Å². The molecule has 2 N–H and O–H groups in total. The molecule has 26 heavy (non-hydrogen) atoms. The fourth-order valence-electron chi connectivity index (χ4n) is 2.91. The van der Waals surface area contributed by atoms with Crippen molar-refractivity contribution in [1.82, 2.24) is 19.8 Å². The third-order valence-electron chi connectivity index (χ3n) is 3.99. The Bertz CT molecular complexity index is 669. The molecule has 0 spiro atoms. The SMILES string of the molecule is CN=C(NCC(C)(C)NS(C)(=O)=O)N1CCN(Cc2cccs2)CC1.I. The van der Waals surface area contributed by atoms with Gasteiger partial charge in [-0.05, 0) is 25.3 Å². The first-order valence-corrected chi connectivity index (χ1v) is 11.1. The summed E-state index contributed by atoms with van der Waals surface area (Å²) in [6, 6.07) is 4.27. The zero-order valence-corrected chi connectivity index (χ0v) is 19.8. The van der Waals surface area contributed by atoms with Crippen LogP contribution >= 0.6 is 35.3 Å². The van der Waals surface area contributed by atoms with Crippen LogP contribution in [0.25, 0.3) is 0 Å². The lowest BCUT2D eigenvalue weighted by molar-refractivity contribution is 0.173. The van der Waals surface area contributed by atoms with Crippen LogP contribution in [-0.2, 0) is 16.6 Å². The van der Waals surface area contributed by atoms with Crippen LogP contribution in [0.4, 0.5) is 0 Å². The van der Waals surface area contributed by atoms with E-state index in [1.165, 1.54) is 11.1 Å². The average molecular weight is 515 g/mol. The van der Waals surface area contributed by atoms with Crippen molar-refractivity contribution in [3.63, 3.8) is 0 Å². The van der Waals surface area contributed by atoms with Gasteiger partial charge < -0.3 is 10.2 Å². The van der Waals surface area contributed by atoms with Crippen molar-refractivity contribution in [2.45, 2.75) is 25.9 Å². The number of sulfonamides is 1. The van der Waals surface area contributed by atoms with E-state index < -0.39 is 15.6 Å². The Morgan fingerprint density at radius 3 is 2.46 bits per heavy atom. The van der Waals surface area contributed by atoms with Crippen molar-refractivity contribution < 1.29 is 8.42 Å². The number of rotatable bonds is 6. The lowest BCUT2D eigenvalue weighted by atomic mass is 10.1. The summed E-state index contributed by atoms with van der Waals surface area (Å²) in [5.41, 5.74) is -0.579. The molecule has 10 heteroatoms. The first-order chi connectivity index (χ1) is 11.7. The number of halogens is 1. The second kappa shape index (κ2) is 10.2. The van der Waals surface area contributed by atoms with E-state index in [-0.39, 0.29) is 24.0 Å². The van der Waals surface area contributed by atoms with Gasteiger partial charge in [0, 0.05) is 56.7 Å². The van der Waals surface area contributed by atoms with Crippen molar-refractivity contribution in [1.29, 1.82) is 0 Å². The van der Waals surface area contributed by atoms with Crippen LogP contribution in [0, 0.1) is 0 Å². The van der Waals surface area contributed by atoms with E-state index in [2.05, 4.69) is 42.3 Å². The van der Waals surface area contributed by atoms with Crippen molar-refractivity contribution in [3.8, 4) is 0 Å².